The van der Waals surface area contributed by atoms with E-state index < -0.39 is 15.6 Å². The predicted molar refractivity (Wildman–Crippen MR) is 80.1 cm³/mol. The van der Waals surface area contributed by atoms with Gasteiger partial charge in [-0.15, -0.1) is 0 Å². The number of hydrogen-bond donors (Lipinski definition) is 3. The number of anilines is 1. The molecule has 0 aliphatic carbocycles. The molecule has 4 N–H and O–H groups in total. The van der Waals surface area contributed by atoms with Gasteiger partial charge in [-0.25, -0.2) is 13.1 Å². The summed E-state index contributed by atoms with van der Waals surface area (Å²) >= 11 is 0. The number of sulfonamides is 1. The molecule has 0 saturated heterocycles. The van der Waals surface area contributed by atoms with Crippen molar-refractivity contribution in [2.24, 2.45) is 0 Å². The molecule has 0 aliphatic rings. The summed E-state index contributed by atoms with van der Waals surface area (Å²) in [7, 11) is -3.79. The molecule has 2 aromatic carbocycles. The Morgan fingerprint density at radius 3 is 2.35 bits per heavy atom. The second-order valence-electron chi connectivity index (χ2n) is 5.71. The molecule has 0 aliphatic heterocycles. The van der Waals surface area contributed by atoms with Crippen molar-refractivity contribution < 1.29 is 13.5 Å². The lowest BCUT2D eigenvalue weighted by atomic mass is 10.1. The SMILES string of the molecule is CC(C)(C)NS(=O)(=O)c1ccc2c(N)cccc2c1O. The van der Waals surface area contributed by atoms with Gasteiger partial charge in [0, 0.05) is 22.0 Å². The molecule has 0 spiro atoms. The minimum absolute atomic E-state index is 0.148. The number of fused-ring (bicyclic) bond motifs is 1. The quantitative estimate of drug-likeness (QED) is 0.740. The molecule has 0 atom stereocenters. The van der Waals surface area contributed by atoms with Crippen LogP contribution < -0.4 is 10.5 Å². The largest absolute Gasteiger partial charge is 0.506 e. The molecule has 108 valence electrons. The standard InChI is InChI=1S/C14H18N2O3S/c1-14(2,3)16-20(18,19)12-8-7-9-10(13(12)17)5-4-6-11(9)15/h4-8,16-17H,15H2,1-3H3. The third kappa shape index (κ3) is 2.71. The maximum Gasteiger partial charge on any atom is 0.244 e. The van der Waals surface area contributed by atoms with Gasteiger partial charge in [-0.1, -0.05) is 18.2 Å². The highest BCUT2D eigenvalue weighted by atomic mass is 32.2. The zero-order valence-electron chi connectivity index (χ0n) is 11.6. The summed E-state index contributed by atoms with van der Waals surface area (Å²) in [5.74, 6) is -0.286. The van der Waals surface area contributed by atoms with E-state index in [2.05, 4.69) is 4.72 Å². The summed E-state index contributed by atoms with van der Waals surface area (Å²) < 4.78 is 27.1. The number of phenolic OH excluding ortho intramolecular Hbond substituents is 1. The van der Waals surface area contributed by atoms with Crippen molar-refractivity contribution in [1.82, 2.24) is 4.72 Å². The smallest absolute Gasteiger partial charge is 0.244 e. The number of aromatic hydroxyl groups is 1. The molecule has 0 heterocycles. The summed E-state index contributed by atoms with van der Waals surface area (Å²) in [6, 6.07) is 7.97. The van der Waals surface area contributed by atoms with Gasteiger partial charge in [0.15, 0.2) is 0 Å². The summed E-state index contributed by atoms with van der Waals surface area (Å²) in [5.41, 5.74) is 5.67. The van der Waals surface area contributed by atoms with Crippen LogP contribution in [0, 0.1) is 0 Å². The van der Waals surface area contributed by atoms with Crippen LogP contribution in [0.5, 0.6) is 5.75 Å². The number of rotatable bonds is 2. The maximum absolute atomic E-state index is 12.3. The summed E-state index contributed by atoms with van der Waals surface area (Å²) in [6.07, 6.45) is 0. The first-order valence-electron chi connectivity index (χ1n) is 6.16. The Kier molecular flexibility index (Phi) is 3.39. The van der Waals surface area contributed by atoms with Crippen LogP contribution in [0.15, 0.2) is 35.2 Å². The number of nitrogens with one attached hydrogen (secondary N) is 1. The Hall–Kier alpha value is -1.79. The highest BCUT2D eigenvalue weighted by Crippen LogP contribution is 2.34. The van der Waals surface area contributed by atoms with E-state index in [1.165, 1.54) is 6.07 Å². The molecule has 2 rings (SSSR count). The van der Waals surface area contributed by atoms with Crippen molar-refractivity contribution in [2.75, 3.05) is 5.73 Å². The normalized spacial score (nSPS) is 12.8. The fraction of sp³-hybridized carbons (Fsp3) is 0.286. The van der Waals surface area contributed by atoms with E-state index in [9.17, 15) is 13.5 Å². The molecule has 6 heteroatoms. The van der Waals surface area contributed by atoms with Gasteiger partial charge in [-0.3, -0.25) is 0 Å². The first kappa shape index (κ1) is 14.6. The molecular weight excluding hydrogens is 276 g/mol. The van der Waals surface area contributed by atoms with Gasteiger partial charge in [-0.2, -0.15) is 0 Å². The molecule has 0 unspecified atom stereocenters. The van der Waals surface area contributed by atoms with E-state index >= 15 is 0 Å². The molecule has 0 bridgehead atoms. The first-order valence-corrected chi connectivity index (χ1v) is 7.64. The monoisotopic (exact) mass is 294 g/mol. The third-order valence-corrected chi connectivity index (χ3v) is 4.55. The molecule has 0 amide bonds. The van der Waals surface area contributed by atoms with Crippen molar-refractivity contribution in [3.8, 4) is 5.75 Å². The number of phenols is 1. The van der Waals surface area contributed by atoms with Crippen LogP contribution in [-0.2, 0) is 10.0 Å². The van der Waals surface area contributed by atoms with Gasteiger partial charge in [0.05, 0.1) is 0 Å². The van der Waals surface area contributed by atoms with Crippen LogP contribution in [0.4, 0.5) is 5.69 Å². The summed E-state index contributed by atoms with van der Waals surface area (Å²) in [5, 5.41) is 11.3. The Bertz CT molecular complexity index is 762. The Balaban J connectivity index is 2.66. The van der Waals surface area contributed by atoms with Crippen molar-refractivity contribution >= 4 is 26.5 Å². The third-order valence-electron chi connectivity index (χ3n) is 2.76. The number of benzene rings is 2. The molecule has 0 radical (unpaired) electrons. The fourth-order valence-electron chi connectivity index (χ4n) is 2.02. The predicted octanol–water partition coefficient (Wildman–Crippen LogP) is 2.20. The average Bonchev–Trinajstić information content (AvgIpc) is 2.27. The Morgan fingerprint density at radius 2 is 1.75 bits per heavy atom. The number of nitrogens with two attached hydrogens (primary N) is 1. The molecule has 20 heavy (non-hydrogen) atoms. The van der Waals surface area contributed by atoms with Gasteiger partial charge in [0.1, 0.15) is 10.6 Å². The van der Waals surface area contributed by atoms with Crippen LogP contribution in [0.25, 0.3) is 10.8 Å². The summed E-state index contributed by atoms with van der Waals surface area (Å²) in [6.45, 7) is 5.21. The first-order chi connectivity index (χ1) is 9.12. The van der Waals surface area contributed by atoms with E-state index in [4.69, 9.17) is 5.73 Å². The second kappa shape index (κ2) is 4.64. The minimum atomic E-state index is -3.79. The zero-order valence-corrected chi connectivity index (χ0v) is 12.5. The lowest BCUT2D eigenvalue weighted by Gasteiger charge is -2.21. The van der Waals surface area contributed by atoms with E-state index in [0.29, 0.717) is 16.5 Å². The highest BCUT2D eigenvalue weighted by molar-refractivity contribution is 7.89. The Labute approximate surface area is 118 Å². The van der Waals surface area contributed by atoms with Gasteiger partial charge in [0.25, 0.3) is 0 Å². The highest BCUT2D eigenvalue weighted by Gasteiger charge is 2.25. The van der Waals surface area contributed by atoms with Crippen LogP contribution in [0.2, 0.25) is 0 Å². The minimum Gasteiger partial charge on any atom is -0.506 e. The van der Waals surface area contributed by atoms with Crippen LogP contribution in [0.1, 0.15) is 20.8 Å². The molecule has 0 saturated carbocycles. The Morgan fingerprint density at radius 1 is 1.10 bits per heavy atom. The van der Waals surface area contributed by atoms with Crippen LogP contribution in [-0.4, -0.2) is 19.1 Å². The van der Waals surface area contributed by atoms with Crippen molar-refractivity contribution in [3.05, 3.63) is 30.3 Å². The molecule has 0 aromatic heterocycles. The molecule has 0 fully saturated rings. The van der Waals surface area contributed by atoms with Crippen molar-refractivity contribution in [1.29, 1.82) is 0 Å². The van der Waals surface area contributed by atoms with E-state index in [0.717, 1.165) is 0 Å². The van der Waals surface area contributed by atoms with E-state index in [1.54, 1.807) is 45.0 Å². The number of hydrogen-bond acceptors (Lipinski definition) is 4. The van der Waals surface area contributed by atoms with E-state index in [-0.39, 0.29) is 10.6 Å². The van der Waals surface area contributed by atoms with Crippen LogP contribution in [0.3, 0.4) is 0 Å². The topological polar surface area (TPSA) is 92.4 Å². The maximum atomic E-state index is 12.3. The van der Waals surface area contributed by atoms with Crippen molar-refractivity contribution in [3.63, 3.8) is 0 Å². The zero-order chi connectivity index (χ0) is 15.1. The molecular formula is C14H18N2O3S. The number of nitrogen functional groups attached to an aromatic ring is 1. The molecule has 5 nitrogen and oxygen atoms in total. The van der Waals surface area contributed by atoms with Crippen LogP contribution >= 0.6 is 0 Å². The fourth-order valence-corrected chi connectivity index (χ4v) is 3.55. The summed E-state index contributed by atoms with van der Waals surface area (Å²) in [4.78, 5) is -0.148. The van der Waals surface area contributed by atoms with Gasteiger partial charge in [-0.05, 0) is 32.9 Å². The lowest BCUT2D eigenvalue weighted by molar-refractivity contribution is 0.458. The van der Waals surface area contributed by atoms with E-state index in [1.807, 2.05) is 0 Å². The second-order valence-corrected chi connectivity index (χ2v) is 7.36. The lowest BCUT2D eigenvalue weighted by Crippen LogP contribution is -2.40. The average molecular weight is 294 g/mol. The van der Waals surface area contributed by atoms with Gasteiger partial charge < -0.3 is 10.8 Å². The van der Waals surface area contributed by atoms with Crippen molar-refractivity contribution in [2.45, 2.75) is 31.2 Å². The molecule has 2 aromatic rings. The van der Waals surface area contributed by atoms with Gasteiger partial charge in [0.2, 0.25) is 10.0 Å². The van der Waals surface area contributed by atoms with Gasteiger partial charge >= 0.3 is 0 Å².